The second kappa shape index (κ2) is 7.54. The lowest BCUT2D eigenvalue weighted by Gasteiger charge is -2.44. The van der Waals surface area contributed by atoms with Gasteiger partial charge in [-0.3, -0.25) is 9.59 Å². The molecule has 1 aliphatic heterocycles. The third kappa shape index (κ3) is 3.53. The molecule has 0 radical (unpaired) electrons. The Bertz CT molecular complexity index is 1020. The number of nitrogens with one attached hydrogen (secondary N) is 1. The van der Waals surface area contributed by atoms with Crippen LogP contribution in [0.15, 0.2) is 65.3 Å². The molecule has 1 fully saturated rings. The number of hydrogen-bond donors (Lipinski definition) is 1. The van der Waals surface area contributed by atoms with Gasteiger partial charge in [0, 0.05) is 5.69 Å². The largest absolute Gasteiger partial charge is 0.467 e. The molecule has 1 saturated heterocycles. The van der Waals surface area contributed by atoms with Gasteiger partial charge < -0.3 is 14.6 Å². The van der Waals surface area contributed by atoms with Crippen molar-refractivity contribution in [2.75, 3.05) is 5.32 Å². The number of para-hydroxylation sites is 1. The van der Waals surface area contributed by atoms with Crippen molar-refractivity contribution in [1.29, 1.82) is 0 Å². The fourth-order valence-electron chi connectivity index (χ4n) is 3.76. The van der Waals surface area contributed by atoms with Crippen LogP contribution in [0.2, 0.25) is 0 Å². The Morgan fingerprint density at radius 1 is 1.10 bits per heavy atom. The number of nitrogens with zero attached hydrogens (tertiary/aromatic N) is 1. The molecule has 5 nitrogen and oxygen atoms in total. The van der Waals surface area contributed by atoms with Gasteiger partial charge in [-0.2, -0.15) is 0 Å². The molecule has 1 aromatic heterocycles. The van der Waals surface area contributed by atoms with Gasteiger partial charge in [-0.15, -0.1) is 0 Å². The minimum absolute atomic E-state index is 0.155. The average Bonchev–Trinajstić information content (AvgIpc) is 3.22. The Labute approximate surface area is 168 Å². The van der Waals surface area contributed by atoms with E-state index < -0.39 is 11.9 Å². The number of carbonyl (C=O) groups excluding carboxylic acids is 2. The monoisotopic (exact) mass is 392 g/mol. The van der Waals surface area contributed by atoms with Crippen molar-refractivity contribution < 1.29 is 18.4 Å². The molecular weight excluding hydrogens is 371 g/mol. The highest BCUT2D eigenvalue weighted by molar-refractivity contribution is 6.00. The van der Waals surface area contributed by atoms with E-state index in [-0.39, 0.29) is 24.3 Å². The molecule has 1 aliphatic rings. The summed E-state index contributed by atoms with van der Waals surface area (Å²) in [5.41, 5.74) is 3.11. The summed E-state index contributed by atoms with van der Waals surface area (Å²) in [6, 6.07) is 13.7. The van der Waals surface area contributed by atoms with Crippen LogP contribution in [0, 0.1) is 19.7 Å². The van der Waals surface area contributed by atoms with Gasteiger partial charge in [0.1, 0.15) is 17.6 Å². The minimum Gasteiger partial charge on any atom is -0.467 e. The molecule has 0 unspecified atom stereocenters. The zero-order valence-electron chi connectivity index (χ0n) is 16.2. The second-order valence-electron chi connectivity index (χ2n) is 7.25. The summed E-state index contributed by atoms with van der Waals surface area (Å²) >= 11 is 0. The van der Waals surface area contributed by atoms with Gasteiger partial charge in [-0.05, 0) is 54.8 Å². The summed E-state index contributed by atoms with van der Waals surface area (Å²) in [7, 11) is 0. The molecule has 148 valence electrons. The SMILES string of the molecule is Cc1cccc(C)c1NC(=O)[C@H](c1ccc(F)cc1)N1C(=O)C[C@H]1c1ccco1. The molecule has 2 amide bonds. The van der Waals surface area contributed by atoms with Crippen molar-refractivity contribution in [1.82, 2.24) is 4.90 Å². The summed E-state index contributed by atoms with van der Waals surface area (Å²) in [5, 5.41) is 2.97. The molecular formula is C23H21FN2O3. The van der Waals surface area contributed by atoms with Crippen molar-refractivity contribution in [3.63, 3.8) is 0 Å². The number of aryl methyl sites for hydroxylation is 2. The van der Waals surface area contributed by atoms with Gasteiger partial charge in [-0.1, -0.05) is 30.3 Å². The number of furan rings is 1. The van der Waals surface area contributed by atoms with E-state index >= 15 is 0 Å². The van der Waals surface area contributed by atoms with E-state index in [1.54, 1.807) is 18.4 Å². The standard InChI is InChI=1S/C23H21FN2O3/c1-14-5-3-6-15(2)21(14)25-23(28)22(16-8-10-17(24)11-9-16)26-18(13-20(26)27)19-7-4-12-29-19/h3-12,18,22H,13H2,1-2H3,(H,25,28)/t18-,22-/m0/s1. The number of benzene rings is 2. The zero-order chi connectivity index (χ0) is 20.5. The van der Waals surface area contributed by atoms with E-state index in [9.17, 15) is 14.0 Å². The fourth-order valence-corrected chi connectivity index (χ4v) is 3.76. The van der Waals surface area contributed by atoms with Crippen molar-refractivity contribution in [2.24, 2.45) is 0 Å². The van der Waals surface area contributed by atoms with Gasteiger partial charge >= 0.3 is 0 Å². The van der Waals surface area contributed by atoms with Crippen molar-refractivity contribution in [3.05, 3.63) is 89.1 Å². The normalized spacial score (nSPS) is 17.0. The minimum atomic E-state index is -0.897. The molecule has 6 heteroatoms. The van der Waals surface area contributed by atoms with E-state index in [4.69, 9.17) is 4.42 Å². The van der Waals surface area contributed by atoms with Crippen LogP contribution >= 0.6 is 0 Å². The maximum atomic E-state index is 13.5. The van der Waals surface area contributed by atoms with Crippen LogP contribution in [0.5, 0.6) is 0 Å². The van der Waals surface area contributed by atoms with Gasteiger partial charge in [0.05, 0.1) is 18.7 Å². The van der Waals surface area contributed by atoms with E-state index in [2.05, 4.69) is 5.32 Å². The highest BCUT2D eigenvalue weighted by atomic mass is 19.1. The molecule has 2 heterocycles. The Morgan fingerprint density at radius 3 is 2.38 bits per heavy atom. The third-order valence-corrected chi connectivity index (χ3v) is 5.30. The Kier molecular flexibility index (Phi) is 4.92. The number of amides is 2. The first kappa shape index (κ1) is 18.9. The summed E-state index contributed by atoms with van der Waals surface area (Å²) in [4.78, 5) is 27.4. The van der Waals surface area contributed by atoms with Crippen LogP contribution in [-0.2, 0) is 9.59 Å². The number of carbonyl (C=O) groups is 2. The lowest BCUT2D eigenvalue weighted by atomic mass is 9.92. The van der Waals surface area contributed by atoms with Crippen LogP contribution in [0.25, 0.3) is 0 Å². The Morgan fingerprint density at radius 2 is 1.79 bits per heavy atom. The summed E-state index contributed by atoms with van der Waals surface area (Å²) in [6.45, 7) is 3.83. The lowest BCUT2D eigenvalue weighted by molar-refractivity contribution is -0.155. The zero-order valence-corrected chi connectivity index (χ0v) is 16.2. The summed E-state index contributed by atoms with van der Waals surface area (Å²) in [5.74, 6) is -0.284. The first-order valence-corrected chi connectivity index (χ1v) is 9.43. The molecule has 2 aromatic carbocycles. The van der Waals surface area contributed by atoms with Crippen LogP contribution in [0.4, 0.5) is 10.1 Å². The number of β-lactam (4-membered cyclic amide) rings is 1. The van der Waals surface area contributed by atoms with Gasteiger partial charge in [-0.25, -0.2) is 4.39 Å². The number of halogens is 1. The topological polar surface area (TPSA) is 62.6 Å². The highest BCUT2D eigenvalue weighted by Gasteiger charge is 2.46. The van der Waals surface area contributed by atoms with Crippen molar-refractivity contribution in [2.45, 2.75) is 32.4 Å². The maximum Gasteiger partial charge on any atom is 0.251 e. The molecule has 2 atom stereocenters. The molecule has 1 N–H and O–H groups in total. The van der Waals surface area contributed by atoms with Crippen molar-refractivity contribution >= 4 is 17.5 Å². The van der Waals surface area contributed by atoms with E-state index in [0.29, 0.717) is 17.0 Å². The van der Waals surface area contributed by atoms with Gasteiger partial charge in [0.25, 0.3) is 5.91 Å². The maximum absolute atomic E-state index is 13.5. The van der Waals surface area contributed by atoms with E-state index in [1.165, 1.54) is 29.2 Å². The molecule has 0 spiro atoms. The third-order valence-electron chi connectivity index (χ3n) is 5.30. The first-order valence-electron chi connectivity index (χ1n) is 9.43. The predicted molar refractivity (Wildman–Crippen MR) is 107 cm³/mol. The number of hydrogen-bond acceptors (Lipinski definition) is 3. The van der Waals surface area contributed by atoms with Crippen LogP contribution in [0.3, 0.4) is 0 Å². The molecule has 29 heavy (non-hydrogen) atoms. The second-order valence-corrected chi connectivity index (χ2v) is 7.25. The Balaban J connectivity index is 1.71. The van der Waals surface area contributed by atoms with Gasteiger partial charge in [0.2, 0.25) is 5.91 Å². The molecule has 0 aliphatic carbocycles. The quantitative estimate of drug-likeness (QED) is 0.641. The summed E-state index contributed by atoms with van der Waals surface area (Å²) in [6.07, 6.45) is 1.81. The molecule has 0 saturated carbocycles. The predicted octanol–water partition coefficient (Wildman–Crippen LogP) is 4.69. The smallest absolute Gasteiger partial charge is 0.251 e. The number of likely N-dealkylation sites (tertiary alicyclic amines) is 1. The van der Waals surface area contributed by atoms with Crippen LogP contribution in [0.1, 0.15) is 41.0 Å². The molecule has 4 rings (SSSR count). The van der Waals surface area contributed by atoms with E-state index in [0.717, 1.165) is 11.1 Å². The fraction of sp³-hybridized carbons (Fsp3) is 0.217. The van der Waals surface area contributed by atoms with Gasteiger partial charge in [0.15, 0.2) is 0 Å². The average molecular weight is 392 g/mol. The highest BCUT2D eigenvalue weighted by Crippen LogP contribution is 2.42. The first-order chi connectivity index (χ1) is 14.0. The number of anilines is 1. The molecule has 3 aromatic rings. The van der Waals surface area contributed by atoms with Crippen LogP contribution in [-0.4, -0.2) is 16.7 Å². The Hall–Kier alpha value is -3.41. The van der Waals surface area contributed by atoms with Crippen molar-refractivity contribution in [3.8, 4) is 0 Å². The summed E-state index contributed by atoms with van der Waals surface area (Å²) < 4.78 is 19.0. The molecule has 0 bridgehead atoms. The van der Waals surface area contributed by atoms with E-state index in [1.807, 2.05) is 32.0 Å². The van der Waals surface area contributed by atoms with Crippen LogP contribution < -0.4 is 5.32 Å². The lowest BCUT2D eigenvalue weighted by Crippen LogP contribution is -2.51. The number of rotatable bonds is 5.